The molecule has 1 aliphatic heterocycles. The van der Waals surface area contributed by atoms with Crippen LogP contribution < -0.4 is 5.32 Å². The number of fused-ring (bicyclic) bond motifs is 1. The molecule has 1 amide bonds. The number of ether oxygens (including phenoxy) is 1. The molecule has 0 bridgehead atoms. The van der Waals surface area contributed by atoms with Crippen LogP contribution in [0.4, 0.5) is 4.39 Å². The Balaban J connectivity index is 1.86. The number of H-pyrrole nitrogens is 1. The molecule has 2 aromatic rings. The number of halogens is 1. The number of carbonyl (C=O) groups excluding carboxylic acids is 1. The smallest absolute Gasteiger partial charge is 0.268 e. The zero-order valence-corrected chi connectivity index (χ0v) is 12.3. The third-order valence-electron chi connectivity index (χ3n) is 4.01. The molecular weight excluding hydrogens is 271 g/mol. The van der Waals surface area contributed by atoms with E-state index in [1.807, 2.05) is 13.8 Å². The highest BCUT2D eigenvalue weighted by molar-refractivity contribution is 5.99. The predicted molar refractivity (Wildman–Crippen MR) is 78.9 cm³/mol. The molecule has 1 saturated heterocycles. The largest absolute Gasteiger partial charge is 0.379 e. The second kappa shape index (κ2) is 5.15. The predicted octanol–water partition coefficient (Wildman–Crippen LogP) is 2.91. The molecule has 1 atom stereocenters. The Hall–Kier alpha value is -1.88. The molecule has 4 nitrogen and oxygen atoms in total. The van der Waals surface area contributed by atoms with Crippen LogP contribution in [0.1, 0.15) is 35.8 Å². The fourth-order valence-electron chi connectivity index (χ4n) is 2.87. The van der Waals surface area contributed by atoms with Crippen molar-refractivity contribution in [2.45, 2.75) is 32.2 Å². The van der Waals surface area contributed by atoms with Crippen molar-refractivity contribution in [1.29, 1.82) is 0 Å². The van der Waals surface area contributed by atoms with Crippen molar-refractivity contribution in [2.24, 2.45) is 0 Å². The summed E-state index contributed by atoms with van der Waals surface area (Å²) in [5.41, 5.74) is 1.56. The van der Waals surface area contributed by atoms with E-state index in [0.717, 1.165) is 30.4 Å². The number of amides is 1. The van der Waals surface area contributed by atoms with E-state index in [2.05, 4.69) is 10.3 Å². The molecule has 0 radical (unpaired) electrons. The summed E-state index contributed by atoms with van der Waals surface area (Å²) < 4.78 is 18.8. The molecule has 2 N–H and O–H groups in total. The van der Waals surface area contributed by atoms with Gasteiger partial charge >= 0.3 is 0 Å². The van der Waals surface area contributed by atoms with Gasteiger partial charge in [0.25, 0.3) is 5.91 Å². The standard InChI is InChI=1S/C16H19FN2O2/c1-10-6-11(17)7-13-12(10)8-14(18-13)15(20)19-16(2)4-3-5-21-9-16/h6-8,18H,3-5,9H2,1-2H3,(H,19,20). The van der Waals surface area contributed by atoms with Crippen LogP contribution in [-0.4, -0.2) is 29.6 Å². The number of benzene rings is 1. The quantitative estimate of drug-likeness (QED) is 0.893. The number of nitrogens with one attached hydrogen (secondary N) is 2. The molecule has 1 fully saturated rings. The van der Waals surface area contributed by atoms with Crippen LogP contribution in [0.3, 0.4) is 0 Å². The molecule has 0 aliphatic carbocycles. The van der Waals surface area contributed by atoms with Crippen molar-refractivity contribution >= 4 is 16.8 Å². The molecule has 5 heteroatoms. The van der Waals surface area contributed by atoms with Gasteiger partial charge in [-0.25, -0.2) is 4.39 Å². The Labute approximate surface area is 122 Å². The van der Waals surface area contributed by atoms with Gasteiger partial charge in [-0.1, -0.05) is 0 Å². The lowest BCUT2D eigenvalue weighted by atomic mass is 9.95. The third kappa shape index (κ3) is 2.78. The van der Waals surface area contributed by atoms with Gasteiger partial charge in [-0.2, -0.15) is 0 Å². The number of hydrogen-bond acceptors (Lipinski definition) is 2. The highest BCUT2D eigenvalue weighted by Gasteiger charge is 2.30. The zero-order chi connectivity index (χ0) is 15.0. The number of aryl methyl sites for hydroxylation is 1. The van der Waals surface area contributed by atoms with Crippen molar-refractivity contribution in [2.75, 3.05) is 13.2 Å². The van der Waals surface area contributed by atoms with Crippen LogP contribution in [0.15, 0.2) is 18.2 Å². The summed E-state index contributed by atoms with van der Waals surface area (Å²) in [4.78, 5) is 15.4. The minimum absolute atomic E-state index is 0.181. The molecule has 1 unspecified atom stereocenters. The fraction of sp³-hybridized carbons (Fsp3) is 0.438. The summed E-state index contributed by atoms with van der Waals surface area (Å²) in [5, 5.41) is 3.88. The second-order valence-electron chi connectivity index (χ2n) is 6.04. The van der Waals surface area contributed by atoms with Gasteiger partial charge in [-0.05, 0) is 50.5 Å². The summed E-state index contributed by atoms with van der Waals surface area (Å²) in [6, 6.07) is 4.64. The van der Waals surface area contributed by atoms with Crippen molar-refractivity contribution < 1.29 is 13.9 Å². The van der Waals surface area contributed by atoms with Gasteiger partial charge in [0.2, 0.25) is 0 Å². The highest BCUT2D eigenvalue weighted by atomic mass is 19.1. The Morgan fingerprint density at radius 3 is 2.95 bits per heavy atom. The van der Waals surface area contributed by atoms with Gasteiger partial charge in [0.05, 0.1) is 12.1 Å². The van der Waals surface area contributed by atoms with Crippen molar-refractivity contribution in [1.82, 2.24) is 10.3 Å². The Morgan fingerprint density at radius 2 is 2.24 bits per heavy atom. The maximum absolute atomic E-state index is 13.4. The van der Waals surface area contributed by atoms with Crippen molar-refractivity contribution in [3.63, 3.8) is 0 Å². The summed E-state index contributed by atoms with van der Waals surface area (Å²) >= 11 is 0. The molecular formula is C16H19FN2O2. The number of rotatable bonds is 2. The van der Waals surface area contributed by atoms with E-state index < -0.39 is 0 Å². The van der Waals surface area contributed by atoms with E-state index in [1.165, 1.54) is 12.1 Å². The SMILES string of the molecule is Cc1cc(F)cc2[nH]c(C(=O)NC3(C)CCCOC3)cc12. The maximum Gasteiger partial charge on any atom is 0.268 e. The molecule has 0 spiro atoms. The summed E-state index contributed by atoms with van der Waals surface area (Å²) in [6.07, 6.45) is 1.83. The van der Waals surface area contributed by atoms with Crippen LogP contribution >= 0.6 is 0 Å². The van der Waals surface area contributed by atoms with Gasteiger partial charge in [0.1, 0.15) is 11.5 Å². The molecule has 112 valence electrons. The first-order valence-electron chi connectivity index (χ1n) is 7.16. The van der Waals surface area contributed by atoms with Gasteiger partial charge in [-0.15, -0.1) is 0 Å². The van der Waals surface area contributed by atoms with E-state index in [-0.39, 0.29) is 17.3 Å². The fourth-order valence-corrected chi connectivity index (χ4v) is 2.87. The lowest BCUT2D eigenvalue weighted by molar-refractivity contribution is 0.0271. The number of aromatic nitrogens is 1. The van der Waals surface area contributed by atoms with Crippen LogP contribution in [0.25, 0.3) is 10.9 Å². The number of carbonyl (C=O) groups is 1. The summed E-state index contributed by atoms with van der Waals surface area (Å²) in [6.45, 7) is 5.08. The van der Waals surface area contributed by atoms with E-state index in [9.17, 15) is 9.18 Å². The molecule has 3 rings (SSSR count). The topological polar surface area (TPSA) is 54.1 Å². The van der Waals surface area contributed by atoms with Crippen LogP contribution in [-0.2, 0) is 4.74 Å². The minimum atomic E-state index is -0.340. The van der Waals surface area contributed by atoms with Crippen LogP contribution in [0.5, 0.6) is 0 Å². The lowest BCUT2D eigenvalue weighted by Crippen LogP contribution is -2.51. The molecule has 1 aliphatic rings. The first kappa shape index (κ1) is 14.1. The first-order chi connectivity index (χ1) is 9.97. The van der Waals surface area contributed by atoms with Gasteiger partial charge < -0.3 is 15.0 Å². The Morgan fingerprint density at radius 1 is 1.43 bits per heavy atom. The van der Waals surface area contributed by atoms with E-state index >= 15 is 0 Å². The van der Waals surface area contributed by atoms with E-state index in [0.29, 0.717) is 17.8 Å². The first-order valence-corrected chi connectivity index (χ1v) is 7.16. The number of aromatic amines is 1. The van der Waals surface area contributed by atoms with Crippen LogP contribution in [0.2, 0.25) is 0 Å². The minimum Gasteiger partial charge on any atom is -0.379 e. The average Bonchev–Trinajstić information content (AvgIpc) is 2.83. The second-order valence-corrected chi connectivity index (χ2v) is 6.04. The Kier molecular flexibility index (Phi) is 3.45. The highest BCUT2D eigenvalue weighted by Crippen LogP contribution is 2.23. The average molecular weight is 290 g/mol. The van der Waals surface area contributed by atoms with Crippen molar-refractivity contribution in [3.05, 3.63) is 35.3 Å². The van der Waals surface area contributed by atoms with Crippen LogP contribution in [0, 0.1) is 12.7 Å². The van der Waals surface area contributed by atoms with E-state index in [4.69, 9.17) is 4.74 Å². The molecule has 1 aromatic carbocycles. The maximum atomic E-state index is 13.4. The lowest BCUT2D eigenvalue weighted by Gasteiger charge is -2.34. The van der Waals surface area contributed by atoms with E-state index in [1.54, 1.807) is 6.07 Å². The molecule has 21 heavy (non-hydrogen) atoms. The normalized spacial score (nSPS) is 22.4. The van der Waals surface area contributed by atoms with Gasteiger partial charge in [0.15, 0.2) is 0 Å². The zero-order valence-electron chi connectivity index (χ0n) is 12.3. The third-order valence-corrected chi connectivity index (χ3v) is 4.01. The summed E-state index contributed by atoms with van der Waals surface area (Å²) in [5.74, 6) is -0.486. The molecule has 0 saturated carbocycles. The summed E-state index contributed by atoms with van der Waals surface area (Å²) in [7, 11) is 0. The number of hydrogen-bond donors (Lipinski definition) is 2. The van der Waals surface area contributed by atoms with Crippen molar-refractivity contribution in [3.8, 4) is 0 Å². The van der Waals surface area contributed by atoms with Gasteiger partial charge in [-0.3, -0.25) is 4.79 Å². The Bertz CT molecular complexity index is 687. The monoisotopic (exact) mass is 290 g/mol. The van der Waals surface area contributed by atoms with Gasteiger partial charge in [0, 0.05) is 17.5 Å². The molecule has 2 heterocycles. The molecule has 1 aromatic heterocycles.